The lowest BCUT2D eigenvalue weighted by molar-refractivity contribution is 0.358. The lowest BCUT2D eigenvalue weighted by Gasteiger charge is -2.18. The lowest BCUT2D eigenvalue weighted by atomic mass is 10.1. The van der Waals surface area contributed by atoms with Gasteiger partial charge in [-0.15, -0.1) is 12.4 Å². The van der Waals surface area contributed by atoms with Gasteiger partial charge in [-0.25, -0.2) is 13.1 Å². The van der Waals surface area contributed by atoms with Gasteiger partial charge in [-0.2, -0.15) is 0 Å². The maximum Gasteiger partial charge on any atom is 0.248 e. The summed E-state index contributed by atoms with van der Waals surface area (Å²) in [4.78, 5) is -0.0160. The molecule has 2 N–H and O–H groups in total. The number of rotatable bonds is 9. The van der Waals surface area contributed by atoms with Gasteiger partial charge in [-0.05, 0) is 12.8 Å². The van der Waals surface area contributed by atoms with Crippen LogP contribution in [0.1, 0.15) is 38.5 Å². The van der Waals surface area contributed by atoms with Gasteiger partial charge < -0.3 is 19.5 Å². The molecule has 7 nitrogen and oxygen atoms in total. The predicted molar refractivity (Wildman–Crippen MR) is 108 cm³/mol. The second-order valence-corrected chi connectivity index (χ2v) is 8.11. The summed E-state index contributed by atoms with van der Waals surface area (Å²) in [6, 6.07) is 3.54. The van der Waals surface area contributed by atoms with Gasteiger partial charge in [0.25, 0.3) is 0 Å². The Kier molecular flexibility index (Phi) is 10.2. The van der Waals surface area contributed by atoms with E-state index >= 15 is 0 Å². The quantitative estimate of drug-likeness (QED) is 0.470. The average Bonchev–Trinajstić information content (AvgIpc) is 2.92. The van der Waals surface area contributed by atoms with Gasteiger partial charge in [0.15, 0.2) is 4.90 Å². The fraction of sp³-hybridized carbons (Fsp3) is 0.667. The van der Waals surface area contributed by atoms with Crippen LogP contribution >= 0.6 is 12.4 Å². The van der Waals surface area contributed by atoms with E-state index in [1.807, 2.05) is 0 Å². The zero-order chi connectivity index (χ0) is 19.0. The van der Waals surface area contributed by atoms with Crippen molar-refractivity contribution in [1.82, 2.24) is 10.0 Å². The second-order valence-electron chi connectivity index (χ2n) is 6.40. The molecule has 2 rings (SSSR count). The molecule has 1 aliphatic rings. The smallest absolute Gasteiger partial charge is 0.248 e. The zero-order valence-corrected chi connectivity index (χ0v) is 17.9. The number of ether oxygens (including phenoxy) is 3. The van der Waals surface area contributed by atoms with Gasteiger partial charge in [-0.3, -0.25) is 0 Å². The van der Waals surface area contributed by atoms with Gasteiger partial charge in [0.1, 0.15) is 17.2 Å². The maximum atomic E-state index is 12.8. The van der Waals surface area contributed by atoms with E-state index in [4.69, 9.17) is 14.2 Å². The van der Waals surface area contributed by atoms with Crippen LogP contribution in [0.4, 0.5) is 0 Å². The molecule has 156 valence electrons. The normalized spacial score (nSPS) is 15.5. The fourth-order valence-corrected chi connectivity index (χ4v) is 4.59. The van der Waals surface area contributed by atoms with E-state index < -0.39 is 10.0 Å². The first-order chi connectivity index (χ1) is 12.5. The summed E-state index contributed by atoms with van der Waals surface area (Å²) in [5.74, 6) is 0.837. The number of benzene rings is 1. The zero-order valence-electron chi connectivity index (χ0n) is 16.2. The summed E-state index contributed by atoms with van der Waals surface area (Å²) in [5, 5.41) is 3.45. The van der Waals surface area contributed by atoms with Gasteiger partial charge in [0, 0.05) is 31.3 Å². The second kappa shape index (κ2) is 11.6. The first-order valence-electron chi connectivity index (χ1n) is 9.05. The summed E-state index contributed by atoms with van der Waals surface area (Å²) >= 11 is 0. The van der Waals surface area contributed by atoms with Crippen LogP contribution in [-0.4, -0.2) is 48.9 Å². The maximum absolute atomic E-state index is 12.8. The molecule has 9 heteroatoms. The molecular formula is C18H31ClN2O5S. The van der Waals surface area contributed by atoms with E-state index in [2.05, 4.69) is 10.0 Å². The lowest BCUT2D eigenvalue weighted by Crippen LogP contribution is -2.37. The number of nitrogens with one attached hydrogen (secondary N) is 2. The molecule has 1 saturated carbocycles. The summed E-state index contributed by atoms with van der Waals surface area (Å²) in [5.41, 5.74) is 0. The van der Waals surface area contributed by atoms with Gasteiger partial charge >= 0.3 is 0 Å². The number of sulfonamides is 1. The highest BCUT2D eigenvalue weighted by atomic mass is 35.5. The standard InChI is InChI=1S/C18H30N2O5S.ClH/c1-23-15-12-16(24-2)18(17(13-15)25-3)26(21,22)20-11-10-19-14-8-6-4-5-7-9-14;/h12-14,19-20H,4-11H2,1-3H3;1H. The van der Waals surface area contributed by atoms with Crippen LogP contribution in [0.3, 0.4) is 0 Å². The van der Waals surface area contributed by atoms with Crippen LogP contribution in [0.5, 0.6) is 17.2 Å². The van der Waals surface area contributed by atoms with Crippen molar-refractivity contribution in [1.29, 1.82) is 0 Å². The molecule has 0 aliphatic heterocycles. The van der Waals surface area contributed by atoms with Crippen molar-refractivity contribution < 1.29 is 22.6 Å². The van der Waals surface area contributed by atoms with E-state index in [9.17, 15) is 8.42 Å². The molecule has 0 aromatic heterocycles. The minimum absolute atomic E-state index is 0. The van der Waals surface area contributed by atoms with Crippen molar-refractivity contribution in [2.45, 2.75) is 49.5 Å². The highest BCUT2D eigenvalue weighted by molar-refractivity contribution is 7.89. The molecule has 0 spiro atoms. The third-order valence-electron chi connectivity index (χ3n) is 4.64. The highest BCUT2D eigenvalue weighted by Gasteiger charge is 2.26. The van der Waals surface area contributed by atoms with E-state index in [1.165, 1.54) is 59.1 Å². The summed E-state index contributed by atoms with van der Waals surface area (Å²) in [6.45, 7) is 0.891. The number of methoxy groups -OCH3 is 3. The Bertz CT molecular complexity index is 651. The van der Waals surface area contributed by atoms with Gasteiger partial charge in [0.2, 0.25) is 10.0 Å². The Labute approximate surface area is 168 Å². The summed E-state index contributed by atoms with van der Waals surface area (Å²) in [7, 11) is 0.558. The van der Waals surface area contributed by atoms with Crippen LogP contribution in [0, 0.1) is 0 Å². The van der Waals surface area contributed by atoms with Gasteiger partial charge in [0.05, 0.1) is 21.3 Å². The van der Waals surface area contributed by atoms with Crippen molar-refractivity contribution in [3.8, 4) is 17.2 Å². The molecule has 27 heavy (non-hydrogen) atoms. The molecule has 1 aromatic carbocycles. The largest absolute Gasteiger partial charge is 0.496 e. The van der Waals surface area contributed by atoms with Crippen LogP contribution in [0.2, 0.25) is 0 Å². The van der Waals surface area contributed by atoms with E-state index in [-0.39, 0.29) is 28.8 Å². The third-order valence-corrected chi connectivity index (χ3v) is 6.17. The van der Waals surface area contributed by atoms with Crippen LogP contribution in [0.25, 0.3) is 0 Å². The van der Waals surface area contributed by atoms with Crippen molar-refractivity contribution in [2.24, 2.45) is 0 Å². The molecule has 1 fully saturated rings. The van der Waals surface area contributed by atoms with Crippen LogP contribution in [-0.2, 0) is 10.0 Å². The van der Waals surface area contributed by atoms with Crippen molar-refractivity contribution >= 4 is 22.4 Å². The predicted octanol–water partition coefficient (Wildman–Crippen LogP) is 2.72. The molecule has 1 aromatic rings. The minimum atomic E-state index is -3.78. The Morgan fingerprint density at radius 1 is 0.926 bits per heavy atom. The Balaban J connectivity index is 0.00000364. The molecule has 0 heterocycles. The third kappa shape index (κ3) is 6.71. The fourth-order valence-electron chi connectivity index (χ4n) is 3.26. The molecule has 0 saturated heterocycles. The van der Waals surface area contributed by atoms with Crippen molar-refractivity contribution in [3.63, 3.8) is 0 Å². The summed E-state index contributed by atoms with van der Waals surface area (Å²) < 4.78 is 43.8. The van der Waals surface area contributed by atoms with Crippen LogP contribution in [0.15, 0.2) is 17.0 Å². The number of halogens is 1. The molecule has 0 amide bonds. The summed E-state index contributed by atoms with van der Waals surface area (Å²) in [6.07, 6.45) is 7.39. The van der Waals surface area contributed by atoms with Crippen LogP contribution < -0.4 is 24.2 Å². The Morgan fingerprint density at radius 2 is 1.48 bits per heavy atom. The first kappa shape index (κ1) is 23.8. The monoisotopic (exact) mass is 422 g/mol. The van der Waals surface area contributed by atoms with E-state index in [0.29, 0.717) is 24.9 Å². The Hall–Kier alpha value is -1.22. The van der Waals surface area contributed by atoms with Crippen molar-refractivity contribution in [2.75, 3.05) is 34.4 Å². The highest BCUT2D eigenvalue weighted by Crippen LogP contribution is 2.37. The average molecular weight is 423 g/mol. The van der Waals surface area contributed by atoms with Gasteiger partial charge in [-0.1, -0.05) is 25.7 Å². The molecule has 0 bridgehead atoms. The molecule has 1 aliphatic carbocycles. The molecule has 0 radical (unpaired) electrons. The van der Waals surface area contributed by atoms with E-state index in [0.717, 1.165) is 12.8 Å². The number of hydrogen-bond donors (Lipinski definition) is 2. The Morgan fingerprint density at radius 3 is 1.96 bits per heavy atom. The molecular weight excluding hydrogens is 392 g/mol. The minimum Gasteiger partial charge on any atom is -0.496 e. The van der Waals surface area contributed by atoms with E-state index in [1.54, 1.807) is 0 Å². The molecule has 0 unspecified atom stereocenters. The topological polar surface area (TPSA) is 85.9 Å². The van der Waals surface area contributed by atoms with Crippen molar-refractivity contribution in [3.05, 3.63) is 12.1 Å². The number of hydrogen-bond acceptors (Lipinski definition) is 6. The molecule has 0 atom stereocenters. The SMILES string of the molecule is COc1cc(OC)c(S(=O)(=O)NCCNC2CCCCCC2)c(OC)c1.Cl. The first-order valence-corrected chi connectivity index (χ1v) is 10.5.